The third-order valence-corrected chi connectivity index (χ3v) is 6.32. The van der Waals surface area contributed by atoms with Gasteiger partial charge in [-0.1, -0.05) is 11.6 Å². The number of nitrogens with zero attached hydrogens (tertiary/aromatic N) is 3. The van der Waals surface area contributed by atoms with Crippen molar-refractivity contribution in [2.45, 2.75) is 57.8 Å². The van der Waals surface area contributed by atoms with Crippen LogP contribution in [0.3, 0.4) is 0 Å². The smallest absolute Gasteiger partial charge is 0.253 e. The molecule has 8 heteroatoms. The molecule has 1 aromatic carbocycles. The van der Waals surface area contributed by atoms with Gasteiger partial charge in [0.25, 0.3) is 5.91 Å². The molecule has 1 aromatic heterocycles. The Kier molecular flexibility index (Phi) is 6.63. The van der Waals surface area contributed by atoms with Crippen LogP contribution in [0.4, 0.5) is 0 Å². The van der Waals surface area contributed by atoms with Gasteiger partial charge < -0.3 is 19.7 Å². The minimum atomic E-state index is -0.414. The monoisotopic (exact) mass is 434 g/mol. The Balaban J connectivity index is 1.64. The quantitative estimate of drug-likeness (QED) is 0.646. The maximum atomic E-state index is 13.3. The molecule has 1 saturated carbocycles. The average molecular weight is 435 g/mol. The van der Waals surface area contributed by atoms with Gasteiger partial charge in [0.05, 0.1) is 28.9 Å². The second-order valence-corrected chi connectivity index (χ2v) is 8.68. The van der Waals surface area contributed by atoms with E-state index in [1.165, 1.54) is 0 Å². The first-order valence-corrected chi connectivity index (χ1v) is 11.2. The normalized spacial score (nSPS) is 20.5. The fourth-order valence-electron chi connectivity index (χ4n) is 4.32. The fraction of sp³-hybridized carbons (Fsp3) is 0.636. The number of aromatic nitrogens is 2. The van der Waals surface area contributed by atoms with Gasteiger partial charge in [0, 0.05) is 44.8 Å². The molecule has 2 unspecified atom stereocenters. The predicted molar refractivity (Wildman–Crippen MR) is 117 cm³/mol. The summed E-state index contributed by atoms with van der Waals surface area (Å²) < 4.78 is 12.9. The van der Waals surface area contributed by atoms with E-state index in [0.29, 0.717) is 24.8 Å². The lowest BCUT2D eigenvalue weighted by Gasteiger charge is -2.34. The van der Waals surface area contributed by atoms with Crippen molar-refractivity contribution < 1.29 is 14.3 Å². The number of carbonyl (C=O) groups excluding carboxylic acids is 1. The van der Waals surface area contributed by atoms with Crippen molar-refractivity contribution in [2.24, 2.45) is 0 Å². The minimum absolute atomic E-state index is 0.0678. The summed E-state index contributed by atoms with van der Waals surface area (Å²) >= 11 is 6.70. The number of halogens is 1. The predicted octanol–water partition coefficient (Wildman–Crippen LogP) is 3.08. The highest BCUT2D eigenvalue weighted by Crippen LogP contribution is 2.38. The van der Waals surface area contributed by atoms with Crippen molar-refractivity contribution in [3.63, 3.8) is 0 Å². The fourth-order valence-corrected chi connectivity index (χ4v) is 4.68. The van der Waals surface area contributed by atoms with Crippen LogP contribution in [0.15, 0.2) is 12.1 Å². The van der Waals surface area contributed by atoms with Crippen LogP contribution < -0.4 is 5.32 Å². The average Bonchev–Trinajstić information content (AvgIpc) is 3.52. The summed E-state index contributed by atoms with van der Waals surface area (Å²) in [6.07, 6.45) is 2.55. The Morgan fingerprint density at radius 1 is 1.47 bits per heavy atom. The highest BCUT2D eigenvalue weighted by atomic mass is 35.5. The molecule has 2 fully saturated rings. The van der Waals surface area contributed by atoms with E-state index in [-0.39, 0.29) is 18.0 Å². The number of hydrogen-bond donors (Lipinski definition) is 1. The van der Waals surface area contributed by atoms with E-state index in [4.69, 9.17) is 26.2 Å². The van der Waals surface area contributed by atoms with Crippen molar-refractivity contribution in [3.05, 3.63) is 28.4 Å². The Bertz CT molecular complexity index is 905. The Labute approximate surface area is 182 Å². The third-order valence-electron chi connectivity index (χ3n) is 6.02. The van der Waals surface area contributed by atoms with Crippen molar-refractivity contribution in [2.75, 3.05) is 33.4 Å². The van der Waals surface area contributed by atoms with Gasteiger partial charge in [0.15, 0.2) is 0 Å². The van der Waals surface area contributed by atoms with Crippen LogP contribution in [0.25, 0.3) is 10.9 Å². The maximum absolute atomic E-state index is 13.3. The number of nitrogens with one attached hydrogen (secondary N) is 1. The van der Waals surface area contributed by atoms with E-state index in [9.17, 15) is 4.79 Å². The second-order valence-electron chi connectivity index (χ2n) is 8.27. The van der Waals surface area contributed by atoms with Gasteiger partial charge in [-0.15, -0.1) is 0 Å². The molecule has 164 valence electrons. The number of benzene rings is 1. The van der Waals surface area contributed by atoms with E-state index in [0.717, 1.165) is 54.5 Å². The van der Waals surface area contributed by atoms with Crippen LogP contribution in [0.5, 0.6) is 0 Å². The summed E-state index contributed by atoms with van der Waals surface area (Å²) in [5.74, 6) is 0.0678. The lowest BCUT2D eigenvalue weighted by Crippen LogP contribution is -2.50. The number of hydrogen-bond acceptors (Lipinski definition) is 5. The van der Waals surface area contributed by atoms with Crippen molar-refractivity contribution in [3.8, 4) is 0 Å². The third kappa shape index (κ3) is 4.35. The molecule has 30 heavy (non-hydrogen) atoms. The summed E-state index contributed by atoms with van der Waals surface area (Å²) in [5.41, 5.74) is 2.96. The standard InChI is InChI=1S/C22H31ClN4O3/c1-14-21-18(23)11-16(12-19(21)26(25-14)8-4-9-29-3)15(2)27(17-5-6-17)22(28)20-13-24-7-10-30-20/h11-12,15,17,20,24H,4-10,13H2,1-3H3. The maximum Gasteiger partial charge on any atom is 0.253 e. The van der Waals surface area contributed by atoms with Gasteiger partial charge in [0.2, 0.25) is 0 Å². The van der Waals surface area contributed by atoms with E-state index in [1.54, 1.807) is 7.11 Å². The molecule has 0 radical (unpaired) electrons. The number of aryl methyl sites for hydroxylation is 2. The number of carbonyl (C=O) groups is 1. The van der Waals surface area contributed by atoms with E-state index in [2.05, 4.69) is 18.3 Å². The topological polar surface area (TPSA) is 68.6 Å². The van der Waals surface area contributed by atoms with Crippen LogP contribution in [-0.2, 0) is 20.8 Å². The van der Waals surface area contributed by atoms with Crippen molar-refractivity contribution in [1.29, 1.82) is 0 Å². The zero-order valence-corrected chi connectivity index (χ0v) is 18.7. The lowest BCUT2D eigenvalue weighted by molar-refractivity contribution is -0.148. The number of morpholine rings is 1. The minimum Gasteiger partial charge on any atom is -0.385 e. The Hall–Kier alpha value is -1.67. The first kappa shape index (κ1) is 21.6. The van der Waals surface area contributed by atoms with Gasteiger partial charge in [-0.05, 0) is 50.8 Å². The molecule has 1 aliphatic carbocycles. The molecule has 2 atom stereocenters. The van der Waals surface area contributed by atoms with Gasteiger partial charge >= 0.3 is 0 Å². The number of methoxy groups -OCH3 is 1. The molecular weight excluding hydrogens is 404 g/mol. The van der Waals surface area contributed by atoms with Crippen LogP contribution in [0.1, 0.15) is 43.5 Å². The SMILES string of the molecule is COCCCn1nc(C)c2c(Cl)cc(C(C)N(C(=O)C3CNCCO3)C3CC3)cc21. The molecule has 1 aliphatic heterocycles. The highest BCUT2D eigenvalue weighted by molar-refractivity contribution is 6.35. The molecule has 0 spiro atoms. The number of ether oxygens (including phenoxy) is 2. The van der Waals surface area contributed by atoms with E-state index in [1.807, 2.05) is 22.6 Å². The molecule has 4 rings (SSSR count). The van der Waals surface area contributed by atoms with Gasteiger partial charge in [-0.25, -0.2) is 0 Å². The molecule has 2 aromatic rings. The summed E-state index contributed by atoms with van der Waals surface area (Å²) in [7, 11) is 1.71. The summed E-state index contributed by atoms with van der Waals surface area (Å²) in [4.78, 5) is 15.3. The second kappa shape index (κ2) is 9.22. The molecular formula is C22H31ClN4O3. The van der Waals surface area contributed by atoms with Crippen LogP contribution in [0.2, 0.25) is 5.02 Å². The molecule has 1 amide bonds. The Morgan fingerprint density at radius 2 is 2.27 bits per heavy atom. The van der Waals surface area contributed by atoms with Crippen LogP contribution >= 0.6 is 11.6 Å². The zero-order valence-electron chi connectivity index (χ0n) is 18.0. The van der Waals surface area contributed by atoms with Gasteiger partial charge in [-0.2, -0.15) is 5.10 Å². The first-order chi connectivity index (χ1) is 14.5. The van der Waals surface area contributed by atoms with Crippen molar-refractivity contribution >= 4 is 28.4 Å². The van der Waals surface area contributed by atoms with E-state index >= 15 is 0 Å². The summed E-state index contributed by atoms with van der Waals surface area (Å²) in [6.45, 7) is 7.45. The zero-order chi connectivity index (χ0) is 21.3. The molecule has 2 heterocycles. The largest absolute Gasteiger partial charge is 0.385 e. The molecule has 1 N–H and O–H groups in total. The molecule has 2 aliphatic rings. The summed E-state index contributed by atoms with van der Waals surface area (Å²) in [5, 5.41) is 9.62. The van der Waals surface area contributed by atoms with Crippen LogP contribution in [-0.4, -0.2) is 66.1 Å². The van der Waals surface area contributed by atoms with Gasteiger partial charge in [-0.3, -0.25) is 9.48 Å². The van der Waals surface area contributed by atoms with Crippen molar-refractivity contribution in [1.82, 2.24) is 20.0 Å². The molecule has 0 bridgehead atoms. The number of amides is 1. The summed E-state index contributed by atoms with van der Waals surface area (Å²) in [6, 6.07) is 4.33. The lowest BCUT2D eigenvalue weighted by atomic mass is 10.0. The van der Waals surface area contributed by atoms with E-state index < -0.39 is 6.10 Å². The number of rotatable bonds is 8. The highest BCUT2D eigenvalue weighted by Gasteiger charge is 2.40. The molecule has 1 saturated heterocycles. The van der Waals surface area contributed by atoms with Gasteiger partial charge in [0.1, 0.15) is 6.10 Å². The van der Waals surface area contributed by atoms with Crippen LogP contribution in [0, 0.1) is 6.92 Å². The first-order valence-electron chi connectivity index (χ1n) is 10.8. The Morgan fingerprint density at radius 3 is 2.93 bits per heavy atom. The molecule has 7 nitrogen and oxygen atoms in total. The number of fused-ring (bicyclic) bond motifs is 1.